The molecule has 0 aromatic heterocycles. The van der Waals surface area contributed by atoms with Gasteiger partial charge in [0, 0.05) is 0 Å². The normalized spacial score (nSPS) is 29.9. The van der Waals surface area contributed by atoms with Crippen LogP contribution in [0.15, 0.2) is 35.5 Å². The molecule has 2 unspecified atom stereocenters. The Labute approximate surface area is 119 Å². The summed E-state index contributed by atoms with van der Waals surface area (Å²) >= 11 is 0. The van der Waals surface area contributed by atoms with E-state index in [1.807, 2.05) is 37.3 Å². The minimum atomic E-state index is -0.860. The summed E-state index contributed by atoms with van der Waals surface area (Å²) < 4.78 is 17.3. The maximum Gasteiger partial charge on any atom is 0.206 e. The predicted octanol–water partition coefficient (Wildman–Crippen LogP) is 2.36. The lowest BCUT2D eigenvalue weighted by Gasteiger charge is -2.24. The Balaban J connectivity index is 1.82. The minimum Gasteiger partial charge on any atom is -0.399 e. The highest BCUT2D eigenvalue weighted by atomic mass is 16.8. The number of oxime groups is 1. The van der Waals surface area contributed by atoms with Crippen molar-refractivity contribution in [3.8, 4) is 0 Å². The van der Waals surface area contributed by atoms with Gasteiger partial charge in [0.1, 0.15) is 18.9 Å². The third-order valence-corrected chi connectivity index (χ3v) is 3.02. The average molecular weight is 279 g/mol. The van der Waals surface area contributed by atoms with Crippen LogP contribution in [0.5, 0.6) is 0 Å². The highest BCUT2D eigenvalue weighted by Gasteiger charge is 2.44. The Hall–Kier alpha value is -1.43. The molecule has 110 valence electrons. The van der Waals surface area contributed by atoms with Crippen LogP contribution < -0.4 is 0 Å². The van der Waals surface area contributed by atoms with Crippen LogP contribution >= 0.6 is 0 Å². The highest BCUT2D eigenvalue weighted by molar-refractivity contribution is 5.65. The largest absolute Gasteiger partial charge is 0.399 e. The lowest BCUT2D eigenvalue weighted by molar-refractivity contribution is -0.134. The molecule has 1 aromatic carbocycles. The molecule has 1 aromatic rings. The second-order valence-electron chi connectivity index (χ2n) is 5.25. The SMILES string of the molecule is CON=CC1(C)OCC(C)(COCc2ccccc2)O1. The third-order valence-electron chi connectivity index (χ3n) is 3.02. The number of benzene rings is 1. The number of hydrogen-bond acceptors (Lipinski definition) is 5. The van der Waals surface area contributed by atoms with Gasteiger partial charge < -0.3 is 19.0 Å². The molecular formula is C15H21NO4. The van der Waals surface area contributed by atoms with E-state index < -0.39 is 11.4 Å². The van der Waals surface area contributed by atoms with E-state index in [0.717, 1.165) is 5.56 Å². The van der Waals surface area contributed by atoms with Crippen LogP contribution in [0.3, 0.4) is 0 Å². The molecule has 0 radical (unpaired) electrons. The fourth-order valence-electron chi connectivity index (χ4n) is 2.09. The van der Waals surface area contributed by atoms with Crippen molar-refractivity contribution in [3.05, 3.63) is 35.9 Å². The topological polar surface area (TPSA) is 49.3 Å². The summed E-state index contributed by atoms with van der Waals surface area (Å²) in [7, 11) is 1.48. The lowest BCUT2D eigenvalue weighted by Crippen LogP contribution is -2.37. The minimum absolute atomic E-state index is 0.452. The summed E-state index contributed by atoms with van der Waals surface area (Å²) in [5, 5.41) is 3.70. The van der Waals surface area contributed by atoms with Gasteiger partial charge in [0.25, 0.3) is 0 Å². The van der Waals surface area contributed by atoms with Gasteiger partial charge in [-0.05, 0) is 19.4 Å². The Morgan fingerprint density at radius 2 is 2.05 bits per heavy atom. The zero-order chi connectivity index (χ0) is 14.5. The molecule has 1 fully saturated rings. The zero-order valence-corrected chi connectivity index (χ0v) is 12.2. The molecule has 0 saturated carbocycles. The highest BCUT2D eigenvalue weighted by Crippen LogP contribution is 2.30. The third kappa shape index (κ3) is 4.03. The Morgan fingerprint density at radius 3 is 2.75 bits per heavy atom. The molecule has 1 aliphatic heterocycles. The number of rotatable bonds is 6. The lowest BCUT2D eigenvalue weighted by atomic mass is 10.1. The van der Waals surface area contributed by atoms with E-state index >= 15 is 0 Å². The van der Waals surface area contributed by atoms with E-state index in [-0.39, 0.29) is 0 Å². The molecule has 20 heavy (non-hydrogen) atoms. The van der Waals surface area contributed by atoms with E-state index in [1.165, 1.54) is 13.3 Å². The van der Waals surface area contributed by atoms with Gasteiger partial charge in [-0.1, -0.05) is 35.5 Å². The Morgan fingerprint density at radius 1 is 1.30 bits per heavy atom. The quantitative estimate of drug-likeness (QED) is 0.592. The molecule has 5 nitrogen and oxygen atoms in total. The number of ether oxygens (including phenoxy) is 3. The van der Waals surface area contributed by atoms with Crippen LogP contribution in [-0.2, 0) is 25.7 Å². The van der Waals surface area contributed by atoms with Gasteiger partial charge in [0.05, 0.1) is 19.8 Å². The van der Waals surface area contributed by atoms with Crippen LogP contribution in [-0.4, -0.2) is 37.9 Å². The van der Waals surface area contributed by atoms with E-state index in [9.17, 15) is 0 Å². The van der Waals surface area contributed by atoms with Crippen LogP contribution in [0.4, 0.5) is 0 Å². The second-order valence-corrected chi connectivity index (χ2v) is 5.25. The molecule has 5 heteroatoms. The van der Waals surface area contributed by atoms with E-state index in [1.54, 1.807) is 6.92 Å². The summed E-state index contributed by atoms with van der Waals surface area (Å²) in [6.45, 7) is 5.23. The average Bonchev–Trinajstić information content (AvgIpc) is 2.74. The van der Waals surface area contributed by atoms with E-state index in [4.69, 9.17) is 14.2 Å². The first-order chi connectivity index (χ1) is 9.55. The van der Waals surface area contributed by atoms with Crippen molar-refractivity contribution in [3.63, 3.8) is 0 Å². The maximum absolute atomic E-state index is 5.90. The molecule has 0 bridgehead atoms. The van der Waals surface area contributed by atoms with Crippen LogP contribution in [0, 0.1) is 0 Å². The van der Waals surface area contributed by atoms with Crippen molar-refractivity contribution in [2.75, 3.05) is 20.3 Å². The van der Waals surface area contributed by atoms with E-state index in [2.05, 4.69) is 9.99 Å². The van der Waals surface area contributed by atoms with Gasteiger partial charge in [-0.2, -0.15) is 0 Å². The molecule has 1 heterocycles. The maximum atomic E-state index is 5.90. The molecule has 0 N–H and O–H groups in total. The summed E-state index contributed by atoms with van der Waals surface area (Å²) in [4.78, 5) is 4.65. The molecule has 2 rings (SSSR count). The van der Waals surface area contributed by atoms with Crippen LogP contribution in [0.1, 0.15) is 19.4 Å². The Kier molecular flexibility index (Phi) is 4.75. The second kappa shape index (κ2) is 6.35. The van der Waals surface area contributed by atoms with Crippen molar-refractivity contribution in [2.24, 2.45) is 5.16 Å². The number of nitrogens with zero attached hydrogens (tertiary/aromatic N) is 1. The van der Waals surface area contributed by atoms with Gasteiger partial charge in [-0.15, -0.1) is 0 Å². The molecule has 1 aliphatic rings. The summed E-state index contributed by atoms with van der Waals surface area (Å²) in [5.41, 5.74) is 0.655. The fraction of sp³-hybridized carbons (Fsp3) is 0.533. The summed E-state index contributed by atoms with van der Waals surface area (Å²) in [5.74, 6) is -0.860. The van der Waals surface area contributed by atoms with Crippen LogP contribution in [0.25, 0.3) is 0 Å². The zero-order valence-electron chi connectivity index (χ0n) is 12.2. The standard InChI is InChI=1S/C15H21NO4/c1-14(11-18-9-13-7-5-4-6-8-13)12-19-15(2,20-14)10-16-17-3/h4-8,10H,9,11-12H2,1-3H3. The van der Waals surface area contributed by atoms with Gasteiger partial charge >= 0.3 is 0 Å². The van der Waals surface area contributed by atoms with Crippen molar-refractivity contribution >= 4 is 6.21 Å². The molecule has 0 amide bonds. The first kappa shape index (κ1) is 15.0. The van der Waals surface area contributed by atoms with Crippen LogP contribution in [0.2, 0.25) is 0 Å². The first-order valence-corrected chi connectivity index (χ1v) is 6.59. The fourth-order valence-corrected chi connectivity index (χ4v) is 2.09. The first-order valence-electron chi connectivity index (χ1n) is 6.59. The summed E-state index contributed by atoms with van der Waals surface area (Å²) in [6.07, 6.45) is 1.51. The van der Waals surface area contributed by atoms with Gasteiger partial charge in [0.15, 0.2) is 0 Å². The van der Waals surface area contributed by atoms with Gasteiger partial charge in [0.2, 0.25) is 5.79 Å². The van der Waals surface area contributed by atoms with Crippen molar-refractivity contribution in [1.29, 1.82) is 0 Å². The van der Waals surface area contributed by atoms with Gasteiger partial charge in [-0.3, -0.25) is 0 Å². The molecule has 2 atom stereocenters. The molecule has 0 aliphatic carbocycles. The molecule has 1 saturated heterocycles. The van der Waals surface area contributed by atoms with Gasteiger partial charge in [-0.25, -0.2) is 0 Å². The smallest absolute Gasteiger partial charge is 0.206 e. The number of hydrogen-bond donors (Lipinski definition) is 0. The molecular weight excluding hydrogens is 258 g/mol. The Bertz CT molecular complexity index is 450. The predicted molar refractivity (Wildman–Crippen MR) is 75.4 cm³/mol. The monoisotopic (exact) mass is 279 g/mol. The van der Waals surface area contributed by atoms with Crippen molar-refractivity contribution < 1.29 is 19.0 Å². The molecule has 0 spiro atoms. The van der Waals surface area contributed by atoms with Crippen molar-refractivity contribution in [2.45, 2.75) is 31.8 Å². The summed E-state index contributed by atoms with van der Waals surface area (Å²) in [6, 6.07) is 10.0. The van der Waals surface area contributed by atoms with E-state index in [0.29, 0.717) is 19.8 Å². The van der Waals surface area contributed by atoms with Crippen molar-refractivity contribution in [1.82, 2.24) is 0 Å².